The Morgan fingerprint density at radius 1 is 1.11 bits per heavy atom. The van der Waals surface area contributed by atoms with Gasteiger partial charge in [-0.2, -0.15) is 0 Å². The summed E-state index contributed by atoms with van der Waals surface area (Å²) < 4.78 is 5.66. The normalized spacial score (nSPS) is 15.6. The molecule has 1 aliphatic heterocycles. The number of rotatable bonds is 2. The van der Waals surface area contributed by atoms with Gasteiger partial charge < -0.3 is 4.74 Å². The van der Waals surface area contributed by atoms with E-state index in [0.717, 1.165) is 25.5 Å². The lowest BCUT2D eigenvalue weighted by Crippen LogP contribution is -2.25. The average molecular weight is 240 g/mol. The molecule has 1 aromatic carbocycles. The predicted octanol–water partition coefficient (Wildman–Crippen LogP) is 2.48. The first-order valence-electron chi connectivity index (χ1n) is 6.25. The zero-order valence-corrected chi connectivity index (χ0v) is 10.2. The van der Waals surface area contributed by atoms with Gasteiger partial charge in [0.2, 0.25) is 5.88 Å². The van der Waals surface area contributed by atoms with E-state index in [2.05, 4.69) is 40.2 Å². The molecule has 3 rings (SSSR count). The lowest BCUT2D eigenvalue weighted by Gasteiger charge is -2.19. The summed E-state index contributed by atoms with van der Waals surface area (Å²) in [7, 11) is 0. The quantitative estimate of drug-likeness (QED) is 0.806. The zero-order valence-electron chi connectivity index (χ0n) is 10.2. The van der Waals surface area contributed by atoms with Gasteiger partial charge in [-0.05, 0) is 11.6 Å². The summed E-state index contributed by atoms with van der Waals surface area (Å²) in [5, 5.41) is 0. The lowest BCUT2D eigenvalue weighted by atomic mass is 10.2. The number of pyridine rings is 1. The van der Waals surface area contributed by atoms with Crippen LogP contribution in [0, 0.1) is 0 Å². The molecule has 3 heteroatoms. The second-order valence-corrected chi connectivity index (χ2v) is 4.51. The van der Waals surface area contributed by atoms with Crippen molar-refractivity contribution in [3.63, 3.8) is 0 Å². The van der Waals surface area contributed by atoms with Crippen LogP contribution in [-0.4, -0.2) is 23.0 Å². The van der Waals surface area contributed by atoms with Crippen molar-refractivity contribution in [2.75, 3.05) is 13.2 Å². The second-order valence-electron chi connectivity index (χ2n) is 4.51. The van der Waals surface area contributed by atoms with Gasteiger partial charge in [-0.15, -0.1) is 0 Å². The van der Waals surface area contributed by atoms with E-state index in [1.54, 1.807) is 6.20 Å². The Bertz CT molecular complexity index is 513. The molecule has 0 saturated carbocycles. The first kappa shape index (κ1) is 11.2. The minimum atomic E-state index is 0.705. The van der Waals surface area contributed by atoms with Crippen LogP contribution in [0.5, 0.6) is 5.88 Å². The first-order chi connectivity index (χ1) is 8.92. The van der Waals surface area contributed by atoms with Gasteiger partial charge in [0.25, 0.3) is 0 Å². The largest absolute Gasteiger partial charge is 0.476 e. The summed E-state index contributed by atoms with van der Waals surface area (Å²) in [6.07, 6.45) is 1.78. The molecule has 0 saturated heterocycles. The maximum atomic E-state index is 5.66. The van der Waals surface area contributed by atoms with E-state index in [0.29, 0.717) is 6.61 Å². The molecule has 0 unspecified atom stereocenters. The molecule has 1 aliphatic rings. The van der Waals surface area contributed by atoms with Crippen LogP contribution in [-0.2, 0) is 13.1 Å². The van der Waals surface area contributed by atoms with Crippen molar-refractivity contribution in [3.8, 4) is 5.88 Å². The number of nitrogens with zero attached hydrogens (tertiary/aromatic N) is 2. The molecule has 18 heavy (non-hydrogen) atoms. The molecule has 0 atom stereocenters. The fraction of sp³-hybridized carbons (Fsp3) is 0.267. The Balaban J connectivity index is 1.75. The Kier molecular flexibility index (Phi) is 3.24. The van der Waals surface area contributed by atoms with Crippen molar-refractivity contribution in [2.24, 2.45) is 0 Å². The minimum Gasteiger partial charge on any atom is -0.476 e. The van der Waals surface area contributed by atoms with Crippen molar-refractivity contribution >= 4 is 0 Å². The predicted molar refractivity (Wildman–Crippen MR) is 70.3 cm³/mol. The van der Waals surface area contributed by atoms with E-state index in [1.807, 2.05) is 12.1 Å². The summed E-state index contributed by atoms with van der Waals surface area (Å²) in [6, 6.07) is 14.6. The van der Waals surface area contributed by atoms with Gasteiger partial charge in [0, 0.05) is 31.4 Å². The highest BCUT2D eigenvalue weighted by atomic mass is 16.5. The van der Waals surface area contributed by atoms with Crippen LogP contribution in [0.15, 0.2) is 48.7 Å². The molecule has 0 bridgehead atoms. The van der Waals surface area contributed by atoms with Crippen molar-refractivity contribution in [3.05, 3.63) is 59.8 Å². The molecule has 2 aromatic rings. The standard InChI is InChI=1S/C15H16N2O/c1-2-5-13(6-3-1)11-17-9-10-18-15-14(12-17)7-4-8-16-15/h1-8H,9-12H2. The number of hydrogen-bond acceptors (Lipinski definition) is 3. The van der Waals surface area contributed by atoms with Crippen molar-refractivity contribution in [2.45, 2.75) is 13.1 Å². The third-order valence-electron chi connectivity index (χ3n) is 3.14. The zero-order chi connectivity index (χ0) is 12.2. The van der Waals surface area contributed by atoms with Crippen molar-refractivity contribution in [1.29, 1.82) is 0 Å². The van der Waals surface area contributed by atoms with Gasteiger partial charge in [-0.3, -0.25) is 4.90 Å². The fourth-order valence-electron chi connectivity index (χ4n) is 2.24. The molecule has 2 heterocycles. The molecule has 3 nitrogen and oxygen atoms in total. The van der Waals surface area contributed by atoms with E-state index < -0.39 is 0 Å². The molecule has 0 radical (unpaired) electrons. The SMILES string of the molecule is c1ccc(CN2CCOc3ncccc3C2)cc1. The monoisotopic (exact) mass is 240 g/mol. The molecular weight excluding hydrogens is 224 g/mol. The number of fused-ring (bicyclic) bond motifs is 1. The topological polar surface area (TPSA) is 25.4 Å². The minimum absolute atomic E-state index is 0.705. The van der Waals surface area contributed by atoms with E-state index in [9.17, 15) is 0 Å². The third kappa shape index (κ3) is 2.51. The molecule has 0 fully saturated rings. The Hall–Kier alpha value is -1.87. The fourth-order valence-corrected chi connectivity index (χ4v) is 2.24. The summed E-state index contributed by atoms with van der Waals surface area (Å²) in [6.45, 7) is 3.50. The van der Waals surface area contributed by atoms with Gasteiger partial charge in [0.15, 0.2) is 0 Å². The van der Waals surface area contributed by atoms with E-state index in [4.69, 9.17) is 4.74 Å². The van der Waals surface area contributed by atoms with Gasteiger partial charge in [0.1, 0.15) is 6.61 Å². The molecule has 92 valence electrons. The Morgan fingerprint density at radius 2 is 2.00 bits per heavy atom. The van der Waals surface area contributed by atoms with Crippen LogP contribution in [0.4, 0.5) is 0 Å². The Labute approximate surface area is 107 Å². The third-order valence-corrected chi connectivity index (χ3v) is 3.14. The van der Waals surface area contributed by atoms with Crippen molar-refractivity contribution in [1.82, 2.24) is 9.88 Å². The smallest absolute Gasteiger partial charge is 0.217 e. The average Bonchev–Trinajstić information content (AvgIpc) is 2.61. The van der Waals surface area contributed by atoms with Gasteiger partial charge in [-0.1, -0.05) is 36.4 Å². The molecular formula is C15H16N2O. The van der Waals surface area contributed by atoms with E-state index in [-0.39, 0.29) is 0 Å². The molecule has 0 N–H and O–H groups in total. The van der Waals surface area contributed by atoms with Crippen LogP contribution in [0.1, 0.15) is 11.1 Å². The van der Waals surface area contributed by atoms with Crippen LogP contribution in [0.3, 0.4) is 0 Å². The first-order valence-corrected chi connectivity index (χ1v) is 6.25. The van der Waals surface area contributed by atoms with Gasteiger partial charge >= 0.3 is 0 Å². The van der Waals surface area contributed by atoms with Crippen LogP contribution in [0.2, 0.25) is 0 Å². The second kappa shape index (κ2) is 5.19. The van der Waals surface area contributed by atoms with Gasteiger partial charge in [-0.25, -0.2) is 4.98 Å². The molecule has 1 aromatic heterocycles. The van der Waals surface area contributed by atoms with Crippen LogP contribution >= 0.6 is 0 Å². The summed E-state index contributed by atoms with van der Waals surface area (Å²) in [5.41, 5.74) is 2.51. The van der Waals surface area contributed by atoms with E-state index in [1.165, 1.54) is 11.1 Å². The lowest BCUT2D eigenvalue weighted by molar-refractivity contribution is 0.217. The van der Waals surface area contributed by atoms with E-state index >= 15 is 0 Å². The molecule has 0 aliphatic carbocycles. The number of aromatic nitrogens is 1. The highest BCUT2D eigenvalue weighted by molar-refractivity contribution is 5.26. The maximum absolute atomic E-state index is 5.66. The van der Waals surface area contributed by atoms with Gasteiger partial charge in [0.05, 0.1) is 0 Å². The summed E-state index contributed by atoms with van der Waals surface area (Å²) >= 11 is 0. The summed E-state index contributed by atoms with van der Waals surface area (Å²) in [5.74, 6) is 0.785. The number of ether oxygens (including phenoxy) is 1. The van der Waals surface area contributed by atoms with Crippen LogP contribution in [0.25, 0.3) is 0 Å². The number of benzene rings is 1. The Morgan fingerprint density at radius 3 is 2.89 bits per heavy atom. The summed E-state index contributed by atoms with van der Waals surface area (Å²) in [4.78, 5) is 6.66. The highest BCUT2D eigenvalue weighted by Crippen LogP contribution is 2.20. The highest BCUT2D eigenvalue weighted by Gasteiger charge is 2.15. The molecule has 0 amide bonds. The maximum Gasteiger partial charge on any atom is 0.217 e. The van der Waals surface area contributed by atoms with Crippen LogP contribution < -0.4 is 4.74 Å². The molecule has 0 spiro atoms. The number of hydrogen-bond donors (Lipinski definition) is 0. The van der Waals surface area contributed by atoms with Crippen molar-refractivity contribution < 1.29 is 4.74 Å².